The normalized spacial score (nSPS) is 14.8. The van der Waals surface area contributed by atoms with Gasteiger partial charge in [0.2, 0.25) is 10.0 Å². The Morgan fingerprint density at radius 1 is 1.00 bits per heavy atom. The first kappa shape index (κ1) is 22.9. The summed E-state index contributed by atoms with van der Waals surface area (Å²) >= 11 is 0. The standard InChI is InChI=1S/C22H25FN6O3S/c1-15-6-7-24-20(12-15)27-21-14-22(26-16(2)25-21)28-8-10-29(11-9-28)33(30,31)17-4-5-19(32-3)18(23)13-17/h4-7,12-14H,8-11H2,1-3H3,(H,24,25,26,27). The molecule has 1 N–H and O–H groups in total. The van der Waals surface area contributed by atoms with E-state index >= 15 is 0 Å². The second kappa shape index (κ2) is 9.28. The highest BCUT2D eigenvalue weighted by atomic mass is 32.2. The van der Waals surface area contributed by atoms with Crippen LogP contribution in [0, 0.1) is 19.7 Å². The van der Waals surface area contributed by atoms with Crippen LogP contribution in [0.2, 0.25) is 0 Å². The lowest BCUT2D eigenvalue weighted by molar-refractivity contribution is 0.379. The van der Waals surface area contributed by atoms with Crippen LogP contribution in [-0.2, 0) is 10.0 Å². The number of rotatable bonds is 6. The highest BCUT2D eigenvalue weighted by Gasteiger charge is 2.30. The lowest BCUT2D eigenvalue weighted by atomic mass is 10.3. The first-order chi connectivity index (χ1) is 15.8. The second-order valence-corrected chi connectivity index (χ2v) is 9.63. The summed E-state index contributed by atoms with van der Waals surface area (Å²) in [5.41, 5.74) is 1.08. The third-order valence-electron chi connectivity index (χ3n) is 5.32. The van der Waals surface area contributed by atoms with Gasteiger partial charge in [-0.25, -0.2) is 27.8 Å². The number of aryl methyl sites for hydroxylation is 2. The molecule has 1 aliphatic rings. The average molecular weight is 473 g/mol. The third kappa shape index (κ3) is 5.04. The molecule has 1 aliphatic heterocycles. The number of piperazine rings is 1. The lowest BCUT2D eigenvalue weighted by Crippen LogP contribution is -2.49. The molecule has 1 aromatic carbocycles. The molecule has 1 saturated heterocycles. The largest absolute Gasteiger partial charge is 0.494 e. The lowest BCUT2D eigenvalue weighted by Gasteiger charge is -2.34. The van der Waals surface area contributed by atoms with Crippen LogP contribution in [0.1, 0.15) is 11.4 Å². The van der Waals surface area contributed by atoms with Crippen LogP contribution in [0.3, 0.4) is 0 Å². The van der Waals surface area contributed by atoms with Gasteiger partial charge in [-0.15, -0.1) is 0 Å². The highest BCUT2D eigenvalue weighted by Crippen LogP contribution is 2.25. The molecule has 3 aromatic rings. The van der Waals surface area contributed by atoms with Crippen molar-refractivity contribution in [2.45, 2.75) is 18.7 Å². The van der Waals surface area contributed by atoms with Gasteiger partial charge in [-0.2, -0.15) is 4.31 Å². The second-order valence-electron chi connectivity index (χ2n) is 7.69. The number of methoxy groups -OCH3 is 1. The molecule has 2 aromatic heterocycles. The van der Waals surface area contributed by atoms with Gasteiger partial charge in [0.05, 0.1) is 12.0 Å². The van der Waals surface area contributed by atoms with Crippen LogP contribution in [0.4, 0.5) is 21.8 Å². The average Bonchev–Trinajstić information content (AvgIpc) is 2.78. The number of nitrogens with zero attached hydrogens (tertiary/aromatic N) is 5. The summed E-state index contributed by atoms with van der Waals surface area (Å²) in [6.07, 6.45) is 1.72. The first-order valence-corrected chi connectivity index (χ1v) is 11.8. The zero-order chi connectivity index (χ0) is 23.6. The van der Waals surface area contributed by atoms with Gasteiger partial charge < -0.3 is 15.0 Å². The number of aromatic nitrogens is 3. The van der Waals surface area contributed by atoms with Gasteiger partial charge in [0.25, 0.3) is 0 Å². The van der Waals surface area contributed by atoms with Gasteiger partial charge in [0.1, 0.15) is 23.3 Å². The number of sulfonamides is 1. The van der Waals surface area contributed by atoms with Crippen LogP contribution in [-0.4, -0.2) is 61.0 Å². The molecule has 9 nitrogen and oxygen atoms in total. The van der Waals surface area contributed by atoms with E-state index in [9.17, 15) is 12.8 Å². The first-order valence-electron chi connectivity index (χ1n) is 10.4. The Hall–Kier alpha value is -3.31. The number of nitrogens with one attached hydrogen (secondary N) is 1. The van der Waals surface area contributed by atoms with Crippen LogP contribution in [0.5, 0.6) is 5.75 Å². The predicted molar refractivity (Wildman–Crippen MR) is 123 cm³/mol. The van der Waals surface area contributed by atoms with Gasteiger partial charge >= 0.3 is 0 Å². The van der Waals surface area contributed by atoms with Crippen LogP contribution in [0.15, 0.2) is 47.5 Å². The Morgan fingerprint density at radius 3 is 2.42 bits per heavy atom. The molecule has 0 amide bonds. The minimum Gasteiger partial charge on any atom is -0.494 e. The smallest absolute Gasteiger partial charge is 0.243 e. The summed E-state index contributed by atoms with van der Waals surface area (Å²) in [5.74, 6) is 1.87. The molecule has 0 unspecified atom stereocenters. The van der Waals surface area contributed by atoms with Crippen molar-refractivity contribution in [1.29, 1.82) is 0 Å². The fraction of sp³-hybridized carbons (Fsp3) is 0.318. The van der Waals surface area contributed by atoms with E-state index in [2.05, 4.69) is 20.3 Å². The summed E-state index contributed by atoms with van der Waals surface area (Å²) in [6, 6.07) is 9.32. The van der Waals surface area contributed by atoms with Crippen molar-refractivity contribution in [1.82, 2.24) is 19.3 Å². The number of pyridine rings is 1. The molecule has 3 heterocycles. The minimum atomic E-state index is -3.82. The molecule has 0 radical (unpaired) electrons. The van der Waals surface area contributed by atoms with E-state index in [-0.39, 0.29) is 23.7 Å². The van der Waals surface area contributed by atoms with E-state index in [1.807, 2.05) is 30.0 Å². The van der Waals surface area contributed by atoms with Gasteiger partial charge in [0.15, 0.2) is 11.6 Å². The minimum absolute atomic E-state index is 0.00294. The maximum atomic E-state index is 14.0. The molecule has 1 fully saturated rings. The van der Waals surface area contributed by atoms with Crippen molar-refractivity contribution in [2.24, 2.45) is 0 Å². The molecule has 0 aliphatic carbocycles. The van der Waals surface area contributed by atoms with E-state index in [1.54, 1.807) is 13.1 Å². The van der Waals surface area contributed by atoms with E-state index in [1.165, 1.54) is 23.5 Å². The molecule has 11 heteroatoms. The predicted octanol–water partition coefficient (Wildman–Crippen LogP) is 2.89. The summed E-state index contributed by atoms with van der Waals surface area (Å²) in [6.45, 7) is 5.17. The van der Waals surface area contributed by atoms with Crippen LogP contribution in [0.25, 0.3) is 0 Å². The summed E-state index contributed by atoms with van der Waals surface area (Å²) in [5, 5.41) is 3.19. The number of halogens is 1. The number of benzene rings is 1. The van der Waals surface area contributed by atoms with E-state index in [0.717, 1.165) is 11.6 Å². The number of ether oxygens (including phenoxy) is 1. The third-order valence-corrected chi connectivity index (χ3v) is 7.21. The molecular weight excluding hydrogens is 447 g/mol. The highest BCUT2D eigenvalue weighted by molar-refractivity contribution is 7.89. The Kier molecular flexibility index (Phi) is 6.43. The number of hydrogen-bond donors (Lipinski definition) is 1. The summed E-state index contributed by atoms with van der Waals surface area (Å²) in [4.78, 5) is 15.2. The van der Waals surface area contributed by atoms with Gasteiger partial charge in [0, 0.05) is 38.4 Å². The van der Waals surface area contributed by atoms with Gasteiger partial charge in [-0.1, -0.05) is 0 Å². The maximum absolute atomic E-state index is 14.0. The Labute approximate surface area is 192 Å². The van der Waals surface area contributed by atoms with Crippen molar-refractivity contribution in [3.8, 4) is 5.75 Å². The molecule has 0 saturated carbocycles. The fourth-order valence-electron chi connectivity index (χ4n) is 3.63. The van der Waals surface area contributed by atoms with Gasteiger partial charge in [-0.05, 0) is 49.7 Å². The Balaban J connectivity index is 1.47. The van der Waals surface area contributed by atoms with E-state index < -0.39 is 15.8 Å². The topological polar surface area (TPSA) is 101 Å². The number of anilines is 3. The molecular formula is C22H25FN6O3S. The number of hydrogen-bond acceptors (Lipinski definition) is 8. The van der Waals surface area contributed by atoms with Gasteiger partial charge in [-0.3, -0.25) is 0 Å². The SMILES string of the molecule is COc1ccc(S(=O)(=O)N2CCN(c3cc(Nc4cc(C)ccn4)nc(C)n3)CC2)cc1F. The monoisotopic (exact) mass is 472 g/mol. The maximum Gasteiger partial charge on any atom is 0.243 e. The van der Waals surface area contributed by atoms with Crippen LogP contribution >= 0.6 is 0 Å². The van der Waals surface area contributed by atoms with E-state index in [4.69, 9.17) is 4.74 Å². The van der Waals surface area contributed by atoms with Crippen molar-refractivity contribution >= 4 is 27.5 Å². The molecule has 0 bridgehead atoms. The molecule has 0 atom stereocenters. The van der Waals surface area contributed by atoms with Crippen molar-refractivity contribution in [3.05, 3.63) is 59.8 Å². The summed E-state index contributed by atoms with van der Waals surface area (Å²) < 4.78 is 46.2. The Morgan fingerprint density at radius 2 is 1.76 bits per heavy atom. The molecule has 4 rings (SSSR count). The quantitative estimate of drug-likeness (QED) is 0.585. The zero-order valence-electron chi connectivity index (χ0n) is 18.6. The van der Waals surface area contributed by atoms with Crippen molar-refractivity contribution in [3.63, 3.8) is 0 Å². The van der Waals surface area contributed by atoms with E-state index in [0.29, 0.717) is 36.4 Å². The molecule has 0 spiro atoms. The van der Waals surface area contributed by atoms with Crippen molar-refractivity contribution in [2.75, 3.05) is 43.5 Å². The molecule has 174 valence electrons. The fourth-order valence-corrected chi connectivity index (χ4v) is 5.06. The van der Waals surface area contributed by atoms with Crippen LogP contribution < -0.4 is 15.0 Å². The van der Waals surface area contributed by atoms with Crippen molar-refractivity contribution < 1.29 is 17.5 Å². The Bertz CT molecular complexity index is 1260. The summed E-state index contributed by atoms with van der Waals surface area (Å²) in [7, 11) is -2.49. The zero-order valence-corrected chi connectivity index (χ0v) is 19.4. The molecule has 33 heavy (non-hydrogen) atoms.